The average Bonchev–Trinajstić information content (AvgIpc) is 2.35. The van der Waals surface area contributed by atoms with Gasteiger partial charge in [-0.05, 0) is 6.42 Å². The number of unbranched alkanes of at least 4 members (excludes halogenated alkanes) is 5. The molecule has 0 saturated heterocycles. The zero-order valence-electron chi connectivity index (χ0n) is 11.1. The number of aryl methyl sites for hydroxylation is 1. The molecule has 0 saturated carbocycles. The summed E-state index contributed by atoms with van der Waals surface area (Å²) in [5, 5.41) is 8.81. The largest absolute Gasteiger partial charge is 0.477 e. The highest BCUT2D eigenvalue weighted by Crippen LogP contribution is 2.05. The number of nitrogens with one attached hydrogen (secondary N) is 1. The molecule has 0 unspecified atom stereocenters. The lowest BCUT2D eigenvalue weighted by atomic mass is 10.1. The Morgan fingerprint density at radius 1 is 1.21 bits per heavy atom. The minimum Gasteiger partial charge on any atom is -0.477 e. The Kier molecular flexibility index (Phi) is 6.05. The van der Waals surface area contributed by atoms with E-state index in [0.717, 1.165) is 25.5 Å². The molecule has 0 radical (unpaired) electrons. The molecular formula is C13H20N2O4. The molecule has 6 nitrogen and oxygen atoms in total. The van der Waals surface area contributed by atoms with E-state index in [0.29, 0.717) is 6.54 Å². The lowest BCUT2D eigenvalue weighted by molar-refractivity contribution is 0.0693. The predicted molar refractivity (Wildman–Crippen MR) is 71.7 cm³/mol. The van der Waals surface area contributed by atoms with Gasteiger partial charge in [0.2, 0.25) is 0 Å². The Morgan fingerprint density at radius 2 is 1.84 bits per heavy atom. The van der Waals surface area contributed by atoms with Crippen molar-refractivity contribution in [1.29, 1.82) is 0 Å². The fourth-order valence-corrected chi connectivity index (χ4v) is 1.89. The van der Waals surface area contributed by atoms with Crippen molar-refractivity contribution >= 4 is 5.97 Å². The maximum atomic E-state index is 11.5. The molecule has 1 rings (SSSR count). The quantitative estimate of drug-likeness (QED) is 0.700. The Bertz CT molecular complexity index is 530. The zero-order valence-corrected chi connectivity index (χ0v) is 11.1. The second-order valence-corrected chi connectivity index (χ2v) is 4.57. The van der Waals surface area contributed by atoms with Crippen molar-refractivity contribution in [2.45, 2.75) is 52.0 Å². The third kappa shape index (κ3) is 4.73. The van der Waals surface area contributed by atoms with Crippen LogP contribution in [-0.4, -0.2) is 20.6 Å². The molecule has 6 heteroatoms. The number of carbonyl (C=O) groups is 1. The van der Waals surface area contributed by atoms with E-state index < -0.39 is 22.8 Å². The molecule has 0 amide bonds. The molecule has 0 fully saturated rings. The van der Waals surface area contributed by atoms with Crippen LogP contribution in [0.3, 0.4) is 0 Å². The van der Waals surface area contributed by atoms with Gasteiger partial charge in [-0.15, -0.1) is 0 Å². The van der Waals surface area contributed by atoms with Gasteiger partial charge in [0.25, 0.3) is 5.56 Å². The van der Waals surface area contributed by atoms with Gasteiger partial charge in [0.15, 0.2) is 0 Å². The summed E-state index contributed by atoms with van der Waals surface area (Å²) in [6.45, 7) is 2.58. The van der Waals surface area contributed by atoms with Crippen LogP contribution >= 0.6 is 0 Å². The monoisotopic (exact) mass is 268 g/mol. The van der Waals surface area contributed by atoms with Crippen LogP contribution in [0.4, 0.5) is 0 Å². The van der Waals surface area contributed by atoms with E-state index in [1.165, 1.54) is 23.8 Å². The Balaban J connectivity index is 2.59. The number of carboxylic acids is 1. The van der Waals surface area contributed by atoms with E-state index in [4.69, 9.17) is 5.11 Å². The molecule has 1 heterocycles. The first-order valence-electron chi connectivity index (χ1n) is 6.63. The number of aromatic amines is 1. The number of carboxylic acid groups (broad SMARTS) is 1. The van der Waals surface area contributed by atoms with Crippen molar-refractivity contribution in [2.75, 3.05) is 0 Å². The van der Waals surface area contributed by atoms with Crippen molar-refractivity contribution in [3.05, 3.63) is 32.6 Å². The number of H-pyrrole nitrogens is 1. The van der Waals surface area contributed by atoms with Crippen molar-refractivity contribution in [1.82, 2.24) is 9.55 Å². The maximum absolute atomic E-state index is 11.5. The second-order valence-electron chi connectivity index (χ2n) is 4.57. The van der Waals surface area contributed by atoms with E-state index >= 15 is 0 Å². The second kappa shape index (κ2) is 7.56. The summed E-state index contributed by atoms with van der Waals surface area (Å²) in [5.74, 6) is -1.32. The molecule has 0 aliphatic rings. The highest BCUT2D eigenvalue weighted by Gasteiger charge is 2.10. The van der Waals surface area contributed by atoms with E-state index in [2.05, 4.69) is 6.92 Å². The molecule has 0 spiro atoms. The van der Waals surface area contributed by atoms with Crippen molar-refractivity contribution < 1.29 is 9.90 Å². The molecule has 1 aromatic heterocycles. The zero-order chi connectivity index (χ0) is 14.3. The molecule has 0 aliphatic heterocycles. The molecule has 0 atom stereocenters. The van der Waals surface area contributed by atoms with E-state index in [-0.39, 0.29) is 0 Å². The number of hydrogen-bond acceptors (Lipinski definition) is 3. The van der Waals surface area contributed by atoms with Crippen molar-refractivity contribution in [3.8, 4) is 0 Å². The first kappa shape index (κ1) is 15.2. The van der Waals surface area contributed by atoms with Gasteiger partial charge in [0.05, 0.1) is 0 Å². The number of aromatic nitrogens is 2. The highest BCUT2D eigenvalue weighted by molar-refractivity contribution is 5.86. The molecule has 2 N–H and O–H groups in total. The fourth-order valence-electron chi connectivity index (χ4n) is 1.89. The van der Waals surface area contributed by atoms with Crippen LogP contribution in [0.2, 0.25) is 0 Å². The minimum absolute atomic E-state index is 0.398. The number of nitrogens with zero attached hydrogens (tertiary/aromatic N) is 1. The smallest absolute Gasteiger partial charge is 0.342 e. The van der Waals surface area contributed by atoms with Crippen LogP contribution in [0, 0.1) is 0 Å². The lowest BCUT2D eigenvalue weighted by Gasteiger charge is -2.05. The van der Waals surface area contributed by atoms with Crippen molar-refractivity contribution in [3.63, 3.8) is 0 Å². The summed E-state index contributed by atoms with van der Waals surface area (Å²) >= 11 is 0. The number of aromatic carboxylic acids is 1. The predicted octanol–water partition coefficient (Wildman–Crippen LogP) is 1.60. The average molecular weight is 268 g/mol. The van der Waals surface area contributed by atoms with Gasteiger partial charge in [0.1, 0.15) is 5.56 Å². The highest BCUT2D eigenvalue weighted by atomic mass is 16.4. The normalized spacial score (nSPS) is 10.6. The van der Waals surface area contributed by atoms with Crippen LogP contribution in [0.1, 0.15) is 55.8 Å². The summed E-state index contributed by atoms with van der Waals surface area (Å²) in [7, 11) is 0. The van der Waals surface area contributed by atoms with Crippen molar-refractivity contribution in [2.24, 2.45) is 0 Å². The molecule has 0 aliphatic carbocycles. The van der Waals surface area contributed by atoms with Crippen LogP contribution in [0.15, 0.2) is 15.8 Å². The van der Waals surface area contributed by atoms with Gasteiger partial charge in [-0.1, -0.05) is 39.0 Å². The van der Waals surface area contributed by atoms with Crippen LogP contribution < -0.4 is 11.2 Å². The first-order valence-corrected chi connectivity index (χ1v) is 6.63. The topological polar surface area (TPSA) is 92.2 Å². The van der Waals surface area contributed by atoms with Crippen LogP contribution in [0.5, 0.6) is 0 Å². The first-order chi connectivity index (χ1) is 9.06. The van der Waals surface area contributed by atoms with E-state index in [9.17, 15) is 14.4 Å². The van der Waals surface area contributed by atoms with Gasteiger partial charge in [-0.25, -0.2) is 9.59 Å². The summed E-state index contributed by atoms with van der Waals surface area (Å²) < 4.78 is 1.25. The summed E-state index contributed by atoms with van der Waals surface area (Å²) in [4.78, 5) is 35.5. The number of rotatable bonds is 8. The molecule has 0 bridgehead atoms. The van der Waals surface area contributed by atoms with Gasteiger partial charge >= 0.3 is 11.7 Å². The van der Waals surface area contributed by atoms with Gasteiger partial charge in [-0.3, -0.25) is 14.3 Å². The summed E-state index contributed by atoms with van der Waals surface area (Å²) in [6, 6.07) is 0. The van der Waals surface area contributed by atoms with Gasteiger partial charge < -0.3 is 5.11 Å². The minimum atomic E-state index is -1.32. The SMILES string of the molecule is CCCCCCCCn1cc(C(=O)O)c(=O)[nH]c1=O. The molecular weight excluding hydrogens is 248 g/mol. The Hall–Kier alpha value is -1.85. The van der Waals surface area contributed by atoms with E-state index in [1.54, 1.807) is 0 Å². The lowest BCUT2D eigenvalue weighted by Crippen LogP contribution is -2.33. The molecule has 19 heavy (non-hydrogen) atoms. The third-order valence-corrected chi connectivity index (χ3v) is 2.99. The van der Waals surface area contributed by atoms with Crippen LogP contribution in [0.25, 0.3) is 0 Å². The maximum Gasteiger partial charge on any atom is 0.342 e. The Morgan fingerprint density at radius 3 is 2.47 bits per heavy atom. The Labute approximate surface area is 111 Å². The van der Waals surface area contributed by atoms with E-state index in [1.807, 2.05) is 4.98 Å². The molecule has 0 aromatic carbocycles. The standard InChI is InChI=1S/C13H20N2O4/c1-2-3-4-5-6-7-8-15-9-10(12(17)18)11(16)14-13(15)19/h9H,2-8H2,1H3,(H,17,18)(H,14,16,19). The fraction of sp³-hybridized carbons (Fsp3) is 0.615. The molecule has 1 aromatic rings. The summed E-state index contributed by atoms with van der Waals surface area (Å²) in [6.07, 6.45) is 7.59. The molecule has 106 valence electrons. The third-order valence-electron chi connectivity index (χ3n) is 2.99. The van der Waals surface area contributed by atoms with Gasteiger partial charge in [-0.2, -0.15) is 0 Å². The van der Waals surface area contributed by atoms with Crippen LogP contribution in [-0.2, 0) is 6.54 Å². The summed E-state index contributed by atoms with van der Waals surface area (Å²) in [5.41, 5.74) is -1.80. The number of hydrogen-bond donors (Lipinski definition) is 2. The van der Waals surface area contributed by atoms with Gasteiger partial charge in [0, 0.05) is 12.7 Å².